The molecule has 1 aromatic heterocycles. The zero-order valence-electron chi connectivity index (χ0n) is 19.2. The van der Waals surface area contributed by atoms with Gasteiger partial charge in [-0.25, -0.2) is 9.97 Å². The van der Waals surface area contributed by atoms with Gasteiger partial charge in [0, 0.05) is 64.0 Å². The van der Waals surface area contributed by atoms with Crippen molar-refractivity contribution >= 4 is 23.5 Å². The summed E-state index contributed by atoms with van der Waals surface area (Å²) < 4.78 is 0. The van der Waals surface area contributed by atoms with Crippen molar-refractivity contribution in [2.45, 2.75) is 25.8 Å². The maximum absolute atomic E-state index is 12.9. The van der Waals surface area contributed by atoms with Crippen LogP contribution in [-0.4, -0.2) is 84.4 Å². The molecule has 0 atom stereocenters. The standard InChI is InChI=1S/C24H31N7O2/c1-28-10-12-29(13-11-28)20-15-21(27-23(26-20)22(25)32)31-9-6-17-4-5-18(14-19(17)16-31)24(33)30-7-2-3-8-30/h4-5,14-15H,2-3,6-13,16H2,1H3,(H2,25,32). The van der Waals surface area contributed by atoms with Crippen LogP contribution in [0.1, 0.15) is 44.9 Å². The number of fused-ring (bicyclic) bond motifs is 1. The Kier molecular flexibility index (Phi) is 5.88. The molecule has 3 aliphatic heterocycles. The Morgan fingerprint density at radius 2 is 1.55 bits per heavy atom. The van der Waals surface area contributed by atoms with Crippen molar-refractivity contribution in [1.82, 2.24) is 19.8 Å². The number of aromatic nitrogens is 2. The Morgan fingerprint density at radius 1 is 0.848 bits per heavy atom. The lowest BCUT2D eigenvalue weighted by molar-refractivity contribution is 0.0792. The lowest BCUT2D eigenvalue weighted by Gasteiger charge is -2.34. The number of anilines is 2. The number of amides is 2. The number of carbonyl (C=O) groups excluding carboxylic acids is 2. The van der Waals surface area contributed by atoms with Crippen molar-refractivity contribution in [3.8, 4) is 0 Å². The number of carbonyl (C=O) groups is 2. The molecule has 33 heavy (non-hydrogen) atoms. The number of hydrogen-bond acceptors (Lipinski definition) is 7. The number of benzene rings is 1. The molecule has 174 valence electrons. The molecule has 2 saturated heterocycles. The molecule has 0 unspecified atom stereocenters. The van der Waals surface area contributed by atoms with E-state index in [1.54, 1.807) is 0 Å². The zero-order chi connectivity index (χ0) is 22.9. The molecule has 3 aliphatic rings. The topological polar surface area (TPSA) is 98.9 Å². The molecular weight excluding hydrogens is 418 g/mol. The molecule has 2 aromatic rings. The number of nitrogens with zero attached hydrogens (tertiary/aromatic N) is 6. The molecule has 0 aliphatic carbocycles. The largest absolute Gasteiger partial charge is 0.363 e. The molecule has 0 bridgehead atoms. The SMILES string of the molecule is CN1CCN(c2cc(N3CCc4ccc(C(=O)N5CCCC5)cc4C3)nc(C(N)=O)n2)CC1. The van der Waals surface area contributed by atoms with Crippen LogP contribution in [0.4, 0.5) is 11.6 Å². The molecule has 1 aromatic carbocycles. The summed E-state index contributed by atoms with van der Waals surface area (Å²) in [6.45, 7) is 6.66. The Labute approximate surface area is 194 Å². The van der Waals surface area contributed by atoms with Crippen molar-refractivity contribution in [3.05, 3.63) is 46.8 Å². The first-order valence-electron chi connectivity index (χ1n) is 11.8. The molecule has 2 fully saturated rings. The van der Waals surface area contributed by atoms with E-state index in [4.69, 9.17) is 5.73 Å². The van der Waals surface area contributed by atoms with E-state index < -0.39 is 5.91 Å². The lowest BCUT2D eigenvalue weighted by atomic mass is 9.97. The molecular formula is C24H31N7O2. The van der Waals surface area contributed by atoms with Crippen molar-refractivity contribution in [2.24, 2.45) is 5.73 Å². The maximum atomic E-state index is 12.9. The monoisotopic (exact) mass is 449 g/mol. The molecule has 0 radical (unpaired) electrons. The van der Waals surface area contributed by atoms with E-state index in [-0.39, 0.29) is 11.7 Å². The summed E-state index contributed by atoms with van der Waals surface area (Å²) in [7, 11) is 2.10. The maximum Gasteiger partial charge on any atom is 0.286 e. The minimum atomic E-state index is -0.622. The first kappa shape index (κ1) is 21.6. The second-order valence-corrected chi connectivity index (χ2v) is 9.22. The van der Waals surface area contributed by atoms with Crippen LogP contribution in [0.3, 0.4) is 0 Å². The van der Waals surface area contributed by atoms with E-state index in [1.165, 1.54) is 5.56 Å². The second-order valence-electron chi connectivity index (χ2n) is 9.22. The van der Waals surface area contributed by atoms with Crippen LogP contribution in [0, 0.1) is 0 Å². The first-order valence-corrected chi connectivity index (χ1v) is 11.8. The Balaban J connectivity index is 1.40. The average molecular weight is 450 g/mol. The van der Waals surface area contributed by atoms with Gasteiger partial charge in [-0.2, -0.15) is 0 Å². The number of hydrogen-bond donors (Lipinski definition) is 1. The highest BCUT2D eigenvalue weighted by Gasteiger charge is 2.25. The highest BCUT2D eigenvalue weighted by molar-refractivity contribution is 5.94. The van der Waals surface area contributed by atoms with E-state index in [0.717, 1.165) is 82.0 Å². The fraction of sp³-hybridized carbons (Fsp3) is 0.500. The van der Waals surface area contributed by atoms with Crippen LogP contribution in [0.15, 0.2) is 24.3 Å². The molecule has 9 nitrogen and oxygen atoms in total. The summed E-state index contributed by atoms with van der Waals surface area (Å²) in [5, 5.41) is 0. The molecule has 5 rings (SSSR count). The quantitative estimate of drug-likeness (QED) is 0.747. The van der Waals surface area contributed by atoms with Crippen molar-refractivity contribution < 1.29 is 9.59 Å². The molecule has 9 heteroatoms. The van der Waals surface area contributed by atoms with E-state index in [9.17, 15) is 9.59 Å². The van der Waals surface area contributed by atoms with Gasteiger partial charge >= 0.3 is 0 Å². The summed E-state index contributed by atoms with van der Waals surface area (Å²) in [4.78, 5) is 42.3. The third-order valence-electron chi connectivity index (χ3n) is 6.93. The van der Waals surface area contributed by atoms with Gasteiger partial charge in [0.25, 0.3) is 11.8 Å². The summed E-state index contributed by atoms with van der Waals surface area (Å²) in [5.41, 5.74) is 8.71. The summed E-state index contributed by atoms with van der Waals surface area (Å²) in [5.74, 6) is 0.983. The van der Waals surface area contributed by atoms with Gasteiger partial charge in [-0.1, -0.05) is 6.07 Å². The zero-order valence-corrected chi connectivity index (χ0v) is 19.2. The Morgan fingerprint density at radius 3 is 2.24 bits per heavy atom. The second kappa shape index (κ2) is 8.97. The number of rotatable bonds is 4. The van der Waals surface area contributed by atoms with Crippen molar-refractivity contribution in [3.63, 3.8) is 0 Å². The van der Waals surface area contributed by atoms with Crippen LogP contribution in [0.2, 0.25) is 0 Å². The highest BCUT2D eigenvalue weighted by Crippen LogP contribution is 2.27. The molecule has 4 heterocycles. The van der Waals surface area contributed by atoms with E-state index in [0.29, 0.717) is 12.4 Å². The normalized spacial score (nSPS) is 19.0. The van der Waals surface area contributed by atoms with E-state index in [2.05, 4.69) is 37.8 Å². The van der Waals surface area contributed by atoms with Crippen LogP contribution >= 0.6 is 0 Å². The highest BCUT2D eigenvalue weighted by atomic mass is 16.2. The minimum Gasteiger partial charge on any atom is -0.363 e. The molecule has 0 spiro atoms. The van der Waals surface area contributed by atoms with Gasteiger partial charge in [-0.15, -0.1) is 0 Å². The average Bonchev–Trinajstić information content (AvgIpc) is 3.38. The van der Waals surface area contributed by atoms with Crippen LogP contribution in [-0.2, 0) is 13.0 Å². The van der Waals surface area contributed by atoms with Crippen molar-refractivity contribution in [1.29, 1.82) is 0 Å². The third kappa shape index (κ3) is 4.50. The summed E-state index contributed by atoms with van der Waals surface area (Å²) >= 11 is 0. The smallest absolute Gasteiger partial charge is 0.286 e. The third-order valence-corrected chi connectivity index (χ3v) is 6.93. The van der Waals surface area contributed by atoms with E-state index in [1.807, 2.05) is 23.1 Å². The number of likely N-dealkylation sites (tertiary alicyclic amines) is 1. The number of primary amides is 1. The van der Waals surface area contributed by atoms with Gasteiger partial charge in [0.15, 0.2) is 0 Å². The van der Waals surface area contributed by atoms with Crippen LogP contribution in [0.5, 0.6) is 0 Å². The van der Waals surface area contributed by atoms with Crippen LogP contribution < -0.4 is 15.5 Å². The fourth-order valence-corrected chi connectivity index (χ4v) is 4.88. The van der Waals surface area contributed by atoms with Gasteiger partial charge in [0.2, 0.25) is 5.82 Å². The Bertz CT molecular complexity index is 1060. The van der Waals surface area contributed by atoms with Gasteiger partial charge < -0.3 is 25.3 Å². The summed E-state index contributed by atoms with van der Waals surface area (Å²) in [6.07, 6.45) is 3.01. The molecule has 0 saturated carbocycles. The molecule has 2 amide bonds. The predicted molar refractivity (Wildman–Crippen MR) is 127 cm³/mol. The van der Waals surface area contributed by atoms with Gasteiger partial charge in [0.05, 0.1) is 0 Å². The first-order chi connectivity index (χ1) is 16.0. The number of likely N-dealkylation sites (N-methyl/N-ethyl adjacent to an activating group) is 1. The van der Waals surface area contributed by atoms with Crippen molar-refractivity contribution in [2.75, 3.05) is 62.7 Å². The van der Waals surface area contributed by atoms with E-state index >= 15 is 0 Å². The van der Waals surface area contributed by atoms with Gasteiger partial charge in [-0.05, 0) is 49.6 Å². The fourth-order valence-electron chi connectivity index (χ4n) is 4.88. The number of piperazine rings is 1. The lowest BCUT2D eigenvalue weighted by Crippen LogP contribution is -2.45. The minimum absolute atomic E-state index is 0.0465. The Hall–Kier alpha value is -3.20. The summed E-state index contributed by atoms with van der Waals surface area (Å²) in [6, 6.07) is 8.03. The predicted octanol–water partition coefficient (Wildman–Crippen LogP) is 1.13. The van der Waals surface area contributed by atoms with Crippen LogP contribution in [0.25, 0.3) is 0 Å². The molecule has 2 N–H and O–H groups in total. The van der Waals surface area contributed by atoms with Gasteiger partial charge in [-0.3, -0.25) is 9.59 Å². The van der Waals surface area contributed by atoms with Gasteiger partial charge in [0.1, 0.15) is 11.6 Å². The number of nitrogens with two attached hydrogens (primary N) is 1.